The fourth-order valence-electron chi connectivity index (χ4n) is 1.55. The molecule has 2 N–H and O–H groups in total. The summed E-state index contributed by atoms with van der Waals surface area (Å²) < 4.78 is 1.45. The third kappa shape index (κ3) is 2.86. The largest absolute Gasteiger partial charge is 0.349 e. The number of nitrogens with one attached hydrogen (secondary N) is 2. The van der Waals surface area contributed by atoms with Crippen LogP contribution in [0.15, 0.2) is 16.2 Å². The highest BCUT2D eigenvalue weighted by Gasteiger charge is 2.08. The first-order valence-electron chi connectivity index (χ1n) is 5.49. The molecule has 0 saturated heterocycles. The third-order valence-electron chi connectivity index (χ3n) is 2.50. The minimum Gasteiger partial charge on any atom is -0.349 e. The second-order valence-corrected chi connectivity index (χ2v) is 4.87. The molecule has 0 aliphatic carbocycles. The van der Waals surface area contributed by atoms with E-state index in [2.05, 4.69) is 15.5 Å². The van der Waals surface area contributed by atoms with E-state index in [-0.39, 0.29) is 17.3 Å². The number of carbonyl (C=O) groups is 1. The van der Waals surface area contributed by atoms with E-state index in [1.165, 1.54) is 4.57 Å². The number of rotatable bonds is 4. The smallest absolute Gasteiger partial charge is 0.307 e. The summed E-state index contributed by atoms with van der Waals surface area (Å²) in [7, 11) is 0. The first-order chi connectivity index (χ1) is 8.56. The van der Waals surface area contributed by atoms with Gasteiger partial charge in [-0.2, -0.15) is 5.10 Å². The van der Waals surface area contributed by atoms with Gasteiger partial charge in [0.2, 0.25) is 5.91 Å². The van der Waals surface area contributed by atoms with E-state index in [9.17, 15) is 9.59 Å². The molecule has 18 heavy (non-hydrogen) atoms. The van der Waals surface area contributed by atoms with Gasteiger partial charge in [0, 0.05) is 16.8 Å². The molecule has 0 unspecified atom stereocenters. The molecule has 0 atom stereocenters. The SMILES string of the molecule is Cc1cc(CNC(=O)Cn2c(C)csc2=O)n[nH]1. The van der Waals surface area contributed by atoms with Crippen molar-refractivity contribution in [3.63, 3.8) is 0 Å². The maximum Gasteiger partial charge on any atom is 0.307 e. The zero-order valence-corrected chi connectivity index (χ0v) is 11.0. The van der Waals surface area contributed by atoms with Crippen LogP contribution in [0.1, 0.15) is 17.1 Å². The summed E-state index contributed by atoms with van der Waals surface area (Å²) in [5.74, 6) is -0.195. The van der Waals surface area contributed by atoms with Crippen molar-refractivity contribution in [3.05, 3.63) is 38.2 Å². The van der Waals surface area contributed by atoms with Crippen molar-refractivity contribution in [2.45, 2.75) is 26.9 Å². The number of aromatic amines is 1. The number of nitrogens with zero attached hydrogens (tertiary/aromatic N) is 2. The number of hydrogen-bond donors (Lipinski definition) is 2. The minimum atomic E-state index is -0.195. The first-order valence-corrected chi connectivity index (χ1v) is 6.37. The number of amides is 1. The fraction of sp³-hybridized carbons (Fsp3) is 0.364. The first kappa shape index (κ1) is 12.6. The molecule has 96 valence electrons. The normalized spacial score (nSPS) is 10.6. The minimum absolute atomic E-state index is 0.0531. The summed E-state index contributed by atoms with van der Waals surface area (Å²) in [6.45, 7) is 4.12. The van der Waals surface area contributed by atoms with Crippen molar-refractivity contribution in [1.82, 2.24) is 20.1 Å². The summed E-state index contributed by atoms with van der Waals surface area (Å²) in [6.07, 6.45) is 0. The molecule has 2 aromatic rings. The fourth-order valence-corrected chi connectivity index (χ4v) is 2.28. The third-order valence-corrected chi connectivity index (χ3v) is 3.38. The Balaban J connectivity index is 1.92. The summed E-state index contributed by atoms with van der Waals surface area (Å²) in [5, 5.41) is 11.3. The quantitative estimate of drug-likeness (QED) is 0.849. The number of H-pyrrole nitrogens is 1. The van der Waals surface area contributed by atoms with E-state index in [0.717, 1.165) is 28.4 Å². The summed E-state index contributed by atoms with van der Waals surface area (Å²) in [6, 6.07) is 1.86. The van der Waals surface area contributed by atoms with E-state index >= 15 is 0 Å². The van der Waals surface area contributed by atoms with Gasteiger partial charge in [0.25, 0.3) is 0 Å². The molecular weight excluding hydrogens is 252 g/mol. The zero-order chi connectivity index (χ0) is 13.1. The Hall–Kier alpha value is -1.89. The van der Waals surface area contributed by atoms with E-state index < -0.39 is 0 Å². The Kier molecular flexibility index (Phi) is 3.61. The molecule has 0 spiro atoms. The molecule has 0 fully saturated rings. The monoisotopic (exact) mass is 266 g/mol. The van der Waals surface area contributed by atoms with Crippen LogP contribution in [0.4, 0.5) is 0 Å². The van der Waals surface area contributed by atoms with Gasteiger partial charge < -0.3 is 5.32 Å². The Bertz CT molecular complexity index is 611. The Morgan fingerprint density at radius 2 is 2.33 bits per heavy atom. The maximum atomic E-state index is 11.7. The highest BCUT2D eigenvalue weighted by Crippen LogP contribution is 2.00. The molecule has 7 heteroatoms. The van der Waals surface area contributed by atoms with Gasteiger partial charge in [0.1, 0.15) is 6.54 Å². The lowest BCUT2D eigenvalue weighted by Crippen LogP contribution is -2.30. The van der Waals surface area contributed by atoms with Gasteiger partial charge in [-0.15, -0.1) is 0 Å². The molecule has 0 radical (unpaired) electrons. The second-order valence-electron chi connectivity index (χ2n) is 4.05. The predicted molar refractivity (Wildman–Crippen MR) is 68.5 cm³/mol. The average Bonchev–Trinajstić information content (AvgIpc) is 2.87. The van der Waals surface area contributed by atoms with Gasteiger partial charge in [-0.05, 0) is 19.9 Å². The summed E-state index contributed by atoms with van der Waals surface area (Å²) in [4.78, 5) is 23.0. The lowest BCUT2D eigenvalue weighted by molar-refractivity contribution is -0.121. The molecule has 1 amide bonds. The summed E-state index contributed by atoms with van der Waals surface area (Å²) >= 11 is 1.10. The molecule has 2 aromatic heterocycles. The van der Waals surface area contributed by atoms with Crippen molar-refractivity contribution < 1.29 is 4.79 Å². The van der Waals surface area contributed by atoms with Crippen LogP contribution in [-0.4, -0.2) is 20.7 Å². The van der Waals surface area contributed by atoms with Crippen LogP contribution in [-0.2, 0) is 17.9 Å². The molecule has 0 aliphatic rings. The number of aromatic nitrogens is 3. The molecule has 0 bridgehead atoms. The number of thiazole rings is 1. The molecule has 0 aliphatic heterocycles. The van der Waals surface area contributed by atoms with E-state index in [0.29, 0.717) is 6.54 Å². The Morgan fingerprint density at radius 3 is 2.89 bits per heavy atom. The zero-order valence-electron chi connectivity index (χ0n) is 10.2. The molecule has 2 rings (SSSR count). The number of aryl methyl sites for hydroxylation is 2. The predicted octanol–water partition coefficient (Wildman–Crippen LogP) is 0.566. The van der Waals surface area contributed by atoms with E-state index in [4.69, 9.17) is 0 Å². The van der Waals surface area contributed by atoms with Gasteiger partial charge in [0.15, 0.2) is 0 Å². The molecule has 6 nitrogen and oxygen atoms in total. The summed E-state index contributed by atoms with van der Waals surface area (Å²) in [5.41, 5.74) is 2.52. The van der Waals surface area contributed by atoms with Crippen LogP contribution in [0.5, 0.6) is 0 Å². The van der Waals surface area contributed by atoms with Crippen molar-refractivity contribution in [2.75, 3.05) is 0 Å². The van der Waals surface area contributed by atoms with E-state index in [1.54, 1.807) is 5.38 Å². The standard InChI is InChI=1S/C11H14N4O2S/c1-7-3-9(14-13-7)4-12-10(16)5-15-8(2)6-18-11(15)17/h3,6H,4-5H2,1-2H3,(H,12,16)(H,13,14). The Labute approximate surface area is 108 Å². The van der Waals surface area contributed by atoms with Crippen LogP contribution in [0.2, 0.25) is 0 Å². The van der Waals surface area contributed by atoms with Gasteiger partial charge in [-0.3, -0.25) is 19.3 Å². The van der Waals surface area contributed by atoms with Crippen LogP contribution in [0.3, 0.4) is 0 Å². The topological polar surface area (TPSA) is 79.8 Å². The van der Waals surface area contributed by atoms with Crippen LogP contribution < -0.4 is 10.2 Å². The average molecular weight is 266 g/mol. The highest BCUT2D eigenvalue weighted by atomic mass is 32.1. The molecular formula is C11H14N4O2S. The van der Waals surface area contributed by atoms with Crippen molar-refractivity contribution in [2.24, 2.45) is 0 Å². The molecule has 0 saturated carbocycles. The van der Waals surface area contributed by atoms with Crippen LogP contribution >= 0.6 is 11.3 Å². The van der Waals surface area contributed by atoms with Crippen LogP contribution in [0, 0.1) is 13.8 Å². The molecule has 0 aromatic carbocycles. The highest BCUT2D eigenvalue weighted by molar-refractivity contribution is 7.07. The van der Waals surface area contributed by atoms with E-state index in [1.807, 2.05) is 19.9 Å². The number of carbonyl (C=O) groups excluding carboxylic acids is 1. The van der Waals surface area contributed by atoms with Crippen molar-refractivity contribution in [3.8, 4) is 0 Å². The number of hydrogen-bond acceptors (Lipinski definition) is 4. The van der Waals surface area contributed by atoms with Gasteiger partial charge in [0.05, 0.1) is 12.2 Å². The maximum absolute atomic E-state index is 11.7. The van der Waals surface area contributed by atoms with Crippen molar-refractivity contribution in [1.29, 1.82) is 0 Å². The van der Waals surface area contributed by atoms with Gasteiger partial charge >= 0.3 is 4.87 Å². The molecule has 2 heterocycles. The van der Waals surface area contributed by atoms with Gasteiger partial charge in [-0.1, -0.05) is 11.3 Å². The Morgan fingerprint density at radius 1 is 1.56 bits per heavy atom. The van der Waals surface area contributed by atoms with Gasteiger partial charge in [-0.25, -0.2) is 0 Å². The van der Waals surface area contributed by atoms with Crippen LogP contribution in [0.25, 0.3) is 0 Å². The lowest BCUT2D eigenvalue weighted by atomic mass is 10.3. The second kappa shape index (κ2) is 5.18. The van der Waals surface area contributed by atoms with Crippen molar-refractivity contribution >= 4 is 17.2 Å². The lowest BCUT2D eigenvalue weighted by Gasteiger charge is -2.05.